The van der Waals surface area contributed by atoms with E-state index in [-0.39, 0.29) is 23.5 Å². The van der Waals surface area contributed by atoms with E-state index in [1.54, 1.807) is 6.92 Å². The van der Waals surface area contributed by atoms with Crippen molar-refractivity contribution in [1.82, 2.24) is 9.55 Å². The highest BCUT2D eigenvalue weighted by atomic mass is 16.5. The summed E-state index contributed by atoms with van der Waals surface area (Å²) in [6.45, 7) is 7.07. The van der Waals surface area contributed by atoms with Gasteiger partial charge in [-0.2, -0.15) is 0 Å². The molecule has 2 atom stereocenters. The molecule has 1 rings (SSSR count). The second-order valence-corrected chi connectivity index (χ2v) is 4.88. The first-order valence-electron chi connectivity index (χ1n) is 6.45. The van der Waals surface area contributed by atoms with Crippen molar-refractivity contribution in [3.05, 3.63) is 44.8 Å². The van der Waals surface area contributed by atoms with Gasteiger partial charge >= 0.3 is 11.7 Å². The largest absolute Gasteiger partial charge is 0.465 e. The fourth-order valence-corrected chi connectivity index (χ4v) is 1.64. The molecule has 0 aromatic carbocycles. The SMILES string of the molecule is CC(=O)OC[C@@H](C)/C=C\[C@@H](C)n1cc(C)c(=O)[nH]c1=O. The molecule has 0 aliphatic carbocycles. The van der Waals surface area contributed by atoms with Gasteiger partial charge in [0.05, 0.1) is 12.6 Å². The van der Waals surface area contributed by atoms with Crippen molar-refractivity contribution in [2.45, 2.75) is 33.7 Å². The van der Waals surface area contributed by atoms with Crippen LogP contribution in [0.25, 0.3) is 0 Å². The highest BCUT2D eigenvalue weighted by Gasteiger charge is 2.07. The molecule has 0 aliphatic heterocycles. The molecule has 0 saturated carbocycles. The minimum atomic E-state index is -0.439. The second kappa shape index (κ2) is 6.88. The maximum atomic E-state index is 11.7. The zero-order valence-corrected chi connectivity index (χ0v) is 12.2. The third-order valence-corrected chi connectivity index (χ3v) is 2.85. The maximum Gasteiger partial charge on any atom is 0.328 e. The standard InChI is InChI=1S/C14H20N2O4/c1-9(8-20-12(4)17)5-6-11(3)16-7-10(2)13(18)15-14(16)19/h5-7,9,11H,8H2,1-4H3,(H,15,18,19)/b6-5-/t9-,11+/m0/s1. The van der Waals surface area contributed by atoms with Gasteiger partial charge in [0.2, 0.25) is 0 Å². The summed E-state index contributed by atoms with van der Waals surface area (Å²) in [4.78, 5) is 36.0. The molecule has 1 heterocycles. The minimum absolute atomic E-state index is 0.0564. The summed E-state index contributed by atoms with van der Waals surface area (Å²) >= 11 is 0. The van der Waals surface area contributed by atoms with Crippen LogP contribution < -0.4 is 11.2 Å². The average molecular weight is 280 g/mol. The topological polar surface area (TPSA) is 81.2 Å². The molecule has 0 fully saturated rings. The zero-order chi connectivity index (χ0) is 15.3. The minimum Gasteiger partial charge on any atom is -0.465 e. The van der Waals surface area contributed by atoms with Crippen molar-refractivity contribution >= 4 is 5.97 Å². The van der Waals surface area contributed by atoms with Gasteiger partial charge in [0, 0.05) is 24.6 Å². The Balaban J connectivity index is 2.78. The number of carbonyl (C=O) groups excluding carboxylic acids is 1. The number of carbonyl (C=O) groups is 1. The first-order chi connectivity index (χ1) is 9.31. The van der Waals surface area contributed by atoms with Crippen molar-refractivity contribution in [3.63, 3.8) is 0 Å². The van der Waals surface area contributed by atoms with Crippen LogP contribution in [0.2, 0.25) is 0 Å². The molecule has 0 unspecified atom stereocenters. The number of ether oxygens (including phenoxy) is 1. The lowest BCUT2D eigenvalue weighted by molar-refractivity contribution is -0.141. The Morgan fingerprint density at radius 3 is 2.65 bits per heavy atom. The summed E-state index contributed by atoms with van der Waals surface area (Å²) < 4.78 is 6.34. The fraction of sp³-hybridized carbons (Fsp3) is 0.500. The van der Waals surface area contributed by atoms with Crippen LogP contribution in [0, 0.1) is 12.8 Å². The monoisotopic (exact) mass is 280 g/mol. The fourth-order valence-electron chi connectivity index (χ4n) is 1.64. The molecular weight excluding hydrogens is 260 g/mol. The van der Waals surface area contributed by atoms with Crippen LogP contribution >= 0.6 is 0 Å². The van der Waals surface area contributed by atoms with Crippen LogP contribution in [0.15, 0.2) is 27.9 Å². The molecule has 0 aliphatic rings. The first kappa shape index (κ1) is 15.9. The summed E-state index contributed by atoms with van der Waals surface area (Å²) in [5.41, 5.74) is -0.325. The number of aromatic amines is 1. The third kappa shape index (κ3) is 4.53. The number of nitrogens with one attached hydrogen (secondary N) is 1. The van der Waals surface area contributed by atoms with E-state index >= 15 is 0 Å². The number of hydrogen-bond donors (Lipinski definition) is 1. The molecule has 0 spiro atoms. The second-order valence-electron chi connectivity index (χ2n) is 4.88. The highest BCUT2D eigenvalue weighted by Crippen LogP contribution is 2.07. The molecule has 1 aromatic heterocycles. The van der Waals surface area contributed by atoms with Crippen LogP contribution in [-0.2, 0) is 9.53 Å². The summed E-state index contributed by atoms with van der Waals surface area (Å²) in [6.07, 6.45) is 5.25. The number of H-pyrrole nitrogens is 1. The van der Waals surface area contributed by atoms with Gasteiger partial charge in [-0.25, -0.2) is 4.79 Å². The van der Waals surface area contributed by atoms with Crippen LogP contribution in [-0.4, -0.2) is 22.1 Å². The van der Waals surface area contributed by atoms with E-state index in [9.17, 15) is 14.4 Å². The molecule has 1 N–H and O–H groups in total. The lowest BCUT2D eigenvalue weighted by atomic mass is 10.1. The smallest absolute Gasteiger partial charge is 0.328 e. The third-order valence-electron chi connectivity index (χ3n) is 2.85. The van der Waals surface area contributed by atoms with Gasteiger partial charge in [0.15, 0.2) is 0 Å². The normalized spacial score (nSPS) is 14.2. The number of esters is 1. The predicted octanol–water partition coefficient (Wildman–Crippen LogP) is 1.16. The number of nitrogens with zero attached hydrogens (tertiary/aromatic N) is 1. The number of allylic oxidation sites excluding steroid dienone is 1. The van der Waals surface area contributed by atoms with Crippen molar-refractivity contribution < 1.29 is 9.53 Å². The number of aryl methyl sites for hydroxylation is 1. The Hall–Kier alpha value is -2.11. The molecule has 1 aromatic rings. The lowest BCUT2D eigenvalue weighted by Gasteiger charge is -2.12. The molecule has 20 heavy (non-hydrogen) atoms. The van der Waals surface area contributed by atoms with Crippen LogP contribution in [0.5, 0.6) is 0 Å². The Kier molecular flexibility index (Phi) is 5.49. The van der Waals surface area contributed by atoms with Crippen molar-refractivity contribution in [3.8, 4) is 0 Å². The molecular formula is C14H20N2O4. The quantitative estimate of drug-likeness (QED) is 0.648. The van der Waals surface area contributed by atoms with E-state index in [1.165, 1.54) is 17.7 Å². The maximum absolute atomic E-state index is 11.7. The molecule has 6 nitrogen and oxygen atoms in total. The van der Waals surface area contributed by atoms with E-state index in [2.05, 4.69) is 4.98 Å². The molecule has 110 valence electrons. The summed E-state index contributed by atoms with van der Waals surface area (Å²) in [6, 6.07) is -0.196. The van der Waals surface area contributed by atoms with Gasteiger partial charge in [-0.05, 0) is 13.8 Å². The Morgan fingerprint density at radius 1 is 1.40 bits per heavy atom. The van der Waals surface area contributed by atoms with Crippen molar-refractivity contribution in [2.24, 2.45) is 5.92 Å². The van der Waals surface area contributed by atoms with E-state index < -0.39 is 5.69 Å². The van der Waals surface area contributed by atoms with Crippen LogP contribution in [0.3, 0.4) is 0 Å². The van der Waals surface area contributed by atoms with Gasteiger partial charge in [-0.3, -0.25) is 19.1 Å². The Bertz CT molecular complexity index is 612. The lowest BCUT2D eigenvalue weighted by Crippen LogP contribution is -2.32. The van der Waals surface area contributed by atoms with Crippen molar-refractivity contribution in [1.29, 1.82) is 0 Å². The van der Waals surface area contributed by atoms with Gasteiger partial charge in [-0.15, -0.1) is 0 Å². The first-order valence-corrected chi connectivity index (χ1v) is 6.45. The van der Waals surface area contributed by atoms with Gasteiger partial charge in [-0.1, -0.05) is 19.1 Å². The zero-order valence-electron chi connectivity index (χ0n) is 12.2. The van der Waals surface area contributed by atoms with Crippen molar-refractivity contribution in [2.75, 3.05) is 6.61 Å². The number of rotatable bonds is 5. The van der Waals surface area contributed by atoms with Gasteiger partial charge in [0.25, 0.3) is 5.56 Å². The molecule has 6 heteroatoms. The predicted molar refractivity (Wildman–Crippen MR) is 75.7 cm³/mol. The van der Waals surface area contributed by atoms with E-state index in [1.807, 2.05) is 26.0 Å². The summed E-state index contributed by atoms with van der Waals surface area (Å²) in [5, 5.41) is 0. The van der Waals surface area contributed by atoms with E-state index in [0.717, 1.165) is 0 Å². The van der Waals surface area contributed by atoms with Gasteiger partial charge in [0.1, 0.15) is 0 Å². The van der Waals surface area contributed by atoms with Crippen LogP contribution in [0.1, 0.15) is 32.4 Å². The number of hydrogen-bond acceptors (Lipinski definition) is 4. The Morgan fingerprint density at radius 2 is 2.05 bits per heavy atom. The van der Waals surface area contributed by atoms with E-state index in [4.69, 9.17) is 4.74 Å². The molecule has 0 bridgehead atoms. The molecule has 0 radical (unpaired) electrons. The average Bonchev–Trinajstić information content (AvgIpc) is 2.37. The van der Waals surface area contributed by atoms with E-state index in [0.29, 0.717) is 12.2 Å². The van der Waals surface area contributed by atoms with Gasteiger partial charge < -0.3 is 4.74 Å². The Labute approximate surface area is 117 Å². The number of aromatic nitrogens is 2. The highest BCUT2D eigenvalue weighted by molar-refractivity contribution is 5.65. The molecule has 0 amide bonds. The molecule has 0 saturated heterocycles. The summed E-state index contributed by atoms with van der Waals surface area (Å²) in [7, 11) is 0. The summed E-state index contributed by atoms with van der Waals surface area (Å²) in [5.74, 6) is -0.258. The van der Waals surface area contributed by atoms with Crippen LogP contribution in [0.4, 0.5) is 0 Å².